The van der Waals surface area contributed by atoms with E-state index in [1.807, 2.05) is 11.0 Å². The Kier molecular flexibility index (Phi) is 3.06. The van der Waals surface area contributed by atoms with Gasteiger partial charge in [0.2, 0.25) is 5.91 Å². The lowest BCUT2D eigenvalue weighted by Crippen LogP contribution is -2.43. The third-order valence-electron chi connectivity index (χ3n) is 4.70. The van der Waals surface area contributed by atoms with Crippen molar-refractivity contribution in [2.75, 3.05) is 18.0 Å². The van der Waals surface area contributed by atoms with Crippen LogP contribution in [0.25, 0.3) is 0 Å². The van der Waals surface area contributed by atoms with Crippen molar-refractivity contribution in [2.45, 2.75) is 37.1 Å². The third kappa shape index (κ3) is 1.87. The van der Waals surface area contributed by atoms with Crippen LogP contribution in [0.2, 0.25) is 0 Å². The van der Waals surface area contributed by atoms with Crippen LogP contribution in [-0.4, -0.2) is 25.0 Å². The smallest absolute Gasteiger partial charge is 0.244 e. The highest BCUT2D eigenvalue weighted by Crippen LogP contribution is 2.56. The van der Waals surface area contributed by atoms with Crippen molar-refractivity contribution in [3.8, 4) is 0 Å². The number of amides is 1. The number of anilines is 1. The molecule has 1 N–H and O–H groups in total. The molecule has 1 atom stereocenters. The monoisotopic (exact) mass is 278 g/mol. The minimum Gasteiger partial charge on any atom is -0.310 e. The molecular formula is C15H19ClN2O. The molecule has 1 saturated heterocycles. The first kappa shape index (κ1) is 12.9. The Labute approximate surface area is 119 Å². The summed E-state index contributed by atoms with van der Waals surface area (Å²) in [6.07, 6.45) is 4.60. The van der Waals surface area contributed by atoms with Crippen LogP contribution in [0.1, 0.15) is 31.2 Å². The van der Waals surface area contributed by atoms with Crippen LogP contribution in [-0.2, 0) is 10.2 Å². The van der Waals surface area contributed by atoms with Crippen LogP contribution in [0, 0.1) is 0 Å². The maximum Gasteiger partial charge on any atom is 0.244 e. The average Bonchev–Trinajstić information content (AvgIpc) is 2.87. The number of fused-ring (bicyclic) bond motifs is 2. The molecule has 1 saturated carbocycles. The van der Waals surface area contributed by atoms with Gasteiger partial charge in [-0.3, -0.25) is 4.79 Å². The second kappa shape index (κ2) is 4.50. The second-order valence-electron chi connectivity index (χ2n) is 5.87. The van der Waals surface area contributed by atoms with Crippen molar-refractivity contribution >= 4 is 24.0 Å². The fraction of sp³-hybridized carbons (Fsp3) is 0.533. The van der Waals surface area contributed by atoms with Crippen LogP contribution in [0.15, 0.2) is 24.3 Å². The van der Waals surface area contributed by atoms with Crippen LogP contribution in [0.5, 0.6) is 0 Å². The normalized spacial score (nSPS) is 26.1. The third-order valence-corrected chi connectivity index (χ3v) is 4.70. The zero-order chi connectivity index (χ0) is 12.2. The van der Waals surface area contributed by atoms with E-state index in [1.54, 1.807) is 0 Å². The molecule has 3 nitrogen and oxygen atoms in total. The number of hydrogen-bond acceptors (Lipinski definition) is 2. The molecule has 1 aromatic carbocycles. The van der Waals surface area contributed by atoms with E-state index >= 15 is 0 Å². The van der Waals surface area contributed by atoms with E-state index in [0.717, 1.165) is 31.6 Å². The Hall–Kier alpha value is -1.06. The van der Waals surface area contributed by atoms with Gasteiger partial charge in [0.25, 0.3) is 0 Å². The summed E-state index contributed by atoms with van der Waals surface area (Å²) in [5, 5.41) is 3.32. The number of benzene rings is 1. The van der Waals surface area contributed by atoms with Crippen LogP contribution < -0.4 is 10.2 Å². The van der Waals surface area contributed by atoms with E-state index in [-0.39, 0.29) is 24.4 Å². The van der Waals surface area contributed by atoms with Crippen molar-refractivity contribution in [1.29, 1.82) is 0 Å². The summed E-state index contributed by atoms with van der Waals surface area (Å²) in [5.41, 5.74) is 2.87. The van der Waals surface area contributed by atoms with Crippen LogP contribution in [0.4, 0.5) is 5.69 Å². The molecule has 102 valence electrons. The zero-order valence-electron chi connectivity index (χ0n) is 10.9. The Morgan fingerprint density at radius 2 is 2.11 bits per heavy atom. The number of hydrogen-bond donors (Lipinski definition) is 1. The van der Waals surface area contributed by atoms with Gasteiger partial charge in [-0.25, -0.2) is 0 Å². The summed E-state index contributed by atoms with van der Waals surface area (Å²) in [6.45, 7) is 1.89. The molecule has 1 amide bonds. The molecule has 4 rings (SSSR count). The Morgan fingerprint density at radius 1 is 1.32 bits per heavy atom. The first-order chi connectivity index (χ1) is 8.80. The second-order valence-corrected chi connectivity index (χ2v) is 5.87. The number of rotatable bonds is 1. The van der Waals surface area contributed by atoms with Crippen molar-refractivity contribution in [1.82, 2.24) is 5.32 Å². The van der Waals surface area contributed by atoms with Gasteiger partial charge in [0.1, 0.15) is 0 Å². The summed E-state index contributed by atoms with van der Waals surface area (Å²) < 4.78 is 0. The molecule has 0 aromatic heterocycles. The van der Waals surface area contributed by atoms with Crippen molar-refractivity contribution in [3.63, 3.8) is 0 Å². The maximum atomic E-state index is 12.6. The van der Waals surface area contributed by atoms with Gasteiger partial charge in [0.15, 0.2) is 0 Å². The topological polar surface area (TPSA) is 32.3 Å². The minimum atomic E-state index is 0. The summed E-state index contributed by atoms with van der Waals surface area (Å²) in [6, 6.07) is 8.50. The van der Waals surface area contributed by atoms with Crippen LogP contribution >= 0.6 is 12.4 Å². The molecule has 1 unspecified atom stereocenters. The predicted molar refractivity (Wildman–Crippen MR) is 78.0 cm³/mol. The van der Waals surface area contributed by atoms with E-state index in [0.29, 0.717) is 5.41 Å². The van der Waals surface area contributed by atoms with E-state index < -0.39 is 0 Å². The number of para-hydroxylation sites is 1. The molecule has 2 aliphatic heterocycles. The van der Waals surface area contributed by atoms with E-state index in [4.69, 9.17) is 0 Å². The fourth-order valence-electron chi connectivity index (χ4n) is 3.49. The highest BCUT2D eigenvalue weighted by atomic mass is 35.5. The fourth-order valence-corrected chi connectivity index (χ4v) is 3.49. The van der Waals surface area contributed by atoms with Gasteiger partial charge in [0, 0.05) is 17.6 Å². The maximum absolute atomic E-state index is 12.6. The average molecular weight is 279 g/mol. The van der Waals surface area contributed by atoms with Crippen molar-refractivity contribution in [3.05, 3.63) is 29.8 Å². The van der Waals surface area contributed by atoms with Gasteiger partial charge in [-0.1, -0.05) is 18.2 Å². The first-order valence-corrected chi connectivity index (χ1v) is 6.94. The lowest BCUT2D eigenvalue weighted by Gasteiger charge is -2.21. The molecule has 1 aliphatic carbocycles. The summed E-state index contributed by atoms with van der Waals surface area (Å²) in [5.74, 6) is 0.281. The standard InChI is InChI=1S/C15H18N2O.ClH/c18-14(12-5-3-9-16-12)17-10-15(7-8-15)11-4-1-2-6-13(11)17;/h1-2,4,6,12,16H,3,5,7-10H2;1H. The lowest BCUT2D eigenvalue weighted by atomic mass is 9.99. The summed E-state index contributed by atoms with van der Waals surface area (Å²) in [7, 11) is 0. The molecule has 19 heavy (non-hydrogen) atoms. The lowest BCUT2D eigenvalue weighted by molar-refractivity contribution is -0.120. The highest BCUT2D eigenvalue weighted by molar-refractivity contribution is 6.00. The zero-order valence-corrected chi connectivity index (χ0v) is 11.7. The molecule has 0 radical (unpaired) electrons. The minimum absolute atomic E-state index is 0. The molecular weight excluding hydrogens is 260 g/mol. The van der Waals surface area contributed by atoms with E-state index in [1.165, 1.54) is 18.4 Å². The van der Waals surface area contributed by atoms with Gasteiger partial charge in [-0.2, -0.15) is 0 Å². The van der Waals surface area contributed by atoms with Crippen molar-refractivity contribution in [2.24, 2.45) is 0 Å². The predicted octanol–water partition coefficient (Wildman–Crippen LogP) is 2.24. The number of nitrogens with zero attached hydrogens (tertiary/aromatic N) is 1. The Morgan fingerprint density at radius 3 is 2.79 bits per heavy atom. The number of nitrogens with one attached hydrogen (secondary N) is 1. The quantitative estimate of drug-likeness (QED) is 0.854. The Bertz CT molecular complexity index is 507. The van der Waals surface area contributed by atoms with Crippen molar-refractivity contribution < 1.29 is 4.79 Å². The van der Waals surface area contributed by atoms with Gasteiger partial charge < -0.3 is 10.2 Å². The Balaban J connectivity index is 0.00000110. The largest absolute Gasteiger partial charge is 0.310 e. The molecule has 2 heterocycles. The number of halogens is 1. The van der Waals surface area contributed by atoms with Gasteiger partial charge in [0.05, 0.1) is 6.04 Å². The number of carbonyl (C=O) groups is 1. The van der Waals surface area contributed by atoms with E-state index in [2.05, 4.69) is 23.5 Å². The summed E-state index contributed by atoms with van der Waals surface area (Å²) >= 11 is 0. The van der Waals surface area contributed by atoms with Gasteiger partial charge in [-0.05, 0) is 43.9 Å². The molecule has 4 heteroatoms. The first-order valence-electron chi connectivity index (χ1n) is 6.94. The molecule has 1 spiro atoms. The van der Waals surface area contributed by atoms with E-state index in [9.17, 15) is 4.79 Å². The molecule has 1 aromatic rings. The van der Waals surface area contributed by atoms with Gasteiger partial charge in [-0.15, -0.1) is 12.4 Å². The van der Waals surface area contributed by atoms with Gasteiger partial charge >= 0.3 is 0 Å². The molecule has 0 bridgehead atoms. The molecule has 3 aliphatic rings. The SMILES string of the molecule is Cl.O=C(C1CCCN1)N1CC2(CC2)c2ccccc21. The number of carbonyl (C=O) groups excluding carboxylic acids is 1. The highest BCUT2D eigenvalue weighted by Gasteiger charge is 2.53. The molecule has 2 fully saturated rings. The summed E-state index contributed by atoms with van der Waals surface area (Å²) in [4.78, 5) is 14.6. The van der Waals surface area contributed by atoms with Crippen LogP contribution in [0.3, 0.4) is 0 Å².